The average Bonchev–Trinajstić information content (AvgIpc) is 3.28. The highest BCUT2D eigenvalue weighted by Crippen LogP contribution is 2.29. The molecule has 1 amide bonds. The van der Waals surface area contributed by atoms with E-state index in [1.807, 2.05) is 12.1 Å². The van der Waals surface area contributed by atoms with Crippen LogP contribution in [-0.4, -0.2) is 43.1 Å². The number of likely N-dealkylation sites (tertiary alicyclic amines) is 1. The van der Waals surface area contributed by atoms with Gasteiger partial charge in [0.15, 0.2) is 0 Å². The Morgan fingerprint density at radius 3 is 2.42 bits per heavy atom. The second-order valence-corrected chi connectivity index (χ2v) is 7.11. The number of carbonyl (C=O) groups is 1. The number of hydrogen-bond donors (Lipinski definition) is 2. The van der Waals surface area contributed by atoms with E-state index in [1.54, 1.807) is 7.11 Å². The summed E-state index contributed by atoms with van der Waals surface area (Å²) in [5, 5.41) is 3.13. The molecule has 1 aliphatic carbocycles. The fourth-order valence-corrected chi connectivity index (χ4v) is 3.94. The lowest BCUT2D eigenvalue weighted by Crippen LogP contribution is -2.53. The SMILES string of the molecule is COc1ccc(C(CNC(=O)C2(N)CCCC2)N2CCCC2)cc1. The van der Waals surface area contributed by atoms with E-state index in [2.05, 4.69) is 22.3 Å². The molecule has 1 atom stereocenters. The molecule has 0 bridgehead atoms. The number of carbonyl (C=O) groups excluding carboxylic acids is 1. The molecule has 0 aromatic heterocycles. The number of nitrogens with zero attached hydrogens (tertiary/aromatic N) is 1. The van der Waals surface area contributed by atoms with Crippen LogP contribution in [0.15, 0.2) is 24.3 Å². The number of nitrogens with two attached hydrogens (primary N) is 1. The van der Waals surface area contributed by atoms with E-state index in [0.717, 1.165) is 44.5 Å². The first-order valence-corrected chi connectivity index (χ1v) is 9.07. The van der Waals surface area contributed by atoms with Crippen LogP contribution in [0, 0.1) is 0 Å². The fourth-order valence-electron chi connectivity index (χ4n) is 3.94. The van der Waals surface area contributed by atoms with Crippen molar-refractivity contribution >= 4 is 5.91 Å². The van der Waals surface area contributed by atoms with Gasteiger partial charge in [-0.1, -0.05) is 25.0 Å². The Labute approximate surface area is 144 Å². The Morgan fingerprint density at radius 2 is 1.83 bits per heavy atom. The zero-order chi connectivity index (χ0) is 17.0. The van der Waals surface area contributed by atoms with Crippen molar-refractivity contribution in [3.8, 4) is 5.75 Å². The first-order valence-electron chi connectivity index (χ1n) is 9.07. The standard InChI is InChI=1S/C19H29N3O2/c1-24-16-8-6-15(7-9-16)17(22-12-4-5-13-22)14-21-18(23)19(20)10-2-3-11-19/h6-9,17H,2-5,10-14,20H2,1H3,(H,21,23). The van der Waals surface area contributed by atoms with Crippen molar-refractivity contribution in [1.82, 2.24) is 10.2 Å². The zero-order valence-electron chi connectivity index (χ0n) is 14.6. The van der Waals surface area contributed by atoms with E-state index in [9.17, 15) is 4.79 Å². The van der Waals surface area contributed by atoms with Crippen LogP contribution >= 0.6 is 0 Å². The molecular weight excluding hydrogens is 302 g/mol. The third kappa shape index (κ3) is 3.73. The topological polar surface area (TPSA) is 67.6 Å². The van der Waals surface area contributed by atoms with Gasteiger partial charge in [0.25, 0.3) is 0 Å². The highest BCUT2D eigenvalue weighted by molar-refractivity contribution is 5.86. The highest BCUT2D eigenvalue weighted by atomic mass is 16.5. The summed E-state index contributed by atoms with van der Waals surface area (Å²) < 4.78 is 5.25. The summed E-state index contributed by atoms with van der Waals surface area (Å²) in [6.07, 6.45) is 6.16. The van der Waals surface area contributed by atoms with Crippen LogP contribution < -0.4 is 15.8 Å². The number of methoxy groups -OCH3 is 1. The van der Waals surface area contributed by atoms with Gasteiger partial charge in [-0.3, -0.25) is 9.69 Å². The molecule has 3 rings (SSSR count). The third-order valence-corrected chi connectivity index (χ3v) is 5.49. The molecule has 5 heteroatoms. The second kappa shape index (κ2) is 7.53. The number of nitrogens with one attached hydrogen (secondary N) is 1. The Kier molecular flexibility index (Phi) is 5.41. The van der Waals surface area contributed by atoms with E-state index >= 15 is 0 Å². The lowest BCUT2D eigenvalue weighted by atomic mass is 9.97. The van der Waals surface area contributed by atoms with Crippen molar-refractivity contribution in [2.24, 2.45) is 5.73 Å². The summed E-state index contributed by atoms with van der Waals surface area (Å²) in [5.41, 5.74) is 6.84. The molecule has 3 N–H and O–H groups in total. The predicted octanol–water partition coefficient (Wildman–Crippen LogP) is 2.22. The van der Waals surface area contributed by atoms with E-state index in [0.29, 0.717) is 6.54 Å². The minimum Gasteiger partial charge on any atom is -0.497 e. The van der Waals surface area contributed by atoms with Crippen molar-refractivity contribution in [1.29, 1.82) is 0 Å². The van der Waals surface area contributed by atoms with Crippen LogP contribution in [0.2, 0.25) is 0 Å². The smallest absolute Gasteiger partial charge is 0.240 e. The minimum atomic E-state index is -0.657. The van der Waals surface area contributed by atoms with Gasteiger partial charge in [-0.05, 0) is 56.5 Å². The summed E-state index contributed by atoms with van der Waals surface area (Å²) in [5.74, 6) is 0.868. The highest BCUT2D eigenvalue weighted by Gasteiger charge is 2.37. The maximum Gasteiger partial charge on any atom is 0.240 e. The summed E-state index contributed by atoms with van der Waals surface area (Å²) in [6.45, 7) is 2.78. The van der Waals surface area contributed by atoms with Crippen LogP contribution in [0.3, 0.4) is 0 Å². The summed E-state index contributed by atoms with van der Waals surface area (Å²) >= 11 is 0. The second-order valence-electron chi connectivity index (χ2n) is 7.11. The van der Waals surface area contributed by atoms with Gasteiger partial charge in [0, 0.05) is 6.54 Å². The molecule has 5 nitrogen and oxygen atoms in total. The van der Waals surface area contributed by atoms with Crippen LogP contribution in [0.4, 0.5) is 0 Å². The van der Waals surface area contributed by atoms with Gasteiger partial charge >= 0.3 is 0 Å². The Hall–Kier alpha value is -1.59. The van der Waals surface area contributed by atoms with Crippen molar-refractivity contribution < 1.29 is 9.53 Å². The first kappa shape index (κ1) is 17.2. The normalized spacial score (nSPS) is 21.6. The quantitative estimate of drug-likeness (QED) is 0.839. The molecule has 0 radical (unpaired) electrons. The van der Waals surface area contributed by atoms with Gasteiger partial charge in [-0.15, -0.1) is 0 Å². The van der Waals surface area contributed by atoms with Gasteiger partial charge in [-0.25, -0.2) is 0 Å². The van der Waals surface area contributed by atoms with E-state index in [1.165, 1.54) is 18.4 Å². The van der Waals surface area contributed by atoms with Gasteiger partial charge < -0.3 is 15.8 Å². The van der Waals surface area contributed by atoms with E-state index in [-0.39, 0.29) is 11.9 Å². The molecule has 1 aromatic rings. The lowest BCUT2D eigenvalue weighted by Gasteiger charge is -2.30. The van der Waals surface area contributed by atoms with Crippen LogP contribution in [0.5, 0.6) is 5.75 Å². The maximum absolute atomic E-state index is 12.5. The molecule has 2 aliphatic rings. The molecule has 2 fully saturated rings. The molecule has 1 aliphatic heterocycles. The molecule has 1 aromatic carbocycles. The molecule has 132 valence electrons. The van der Waals surface area contributed by atoms with Crippen LogP contribution in [0.1, 0.15) is 50.1 Å². The van der Waals surface area contributed by atoms with Crippen molar-refractivity contribution in [2.75, 3.05) is 26.7 Å². The Balaban J connectivity index is 1.69. The fraction of sp³-hybridized carbons (Fsp3) is 0.632. The Morgan fingerprint density at radius 1 is 1.21 bits per heavy atom. The average molecular weight is 331 g/mol. The van der Waals surface area contributed by atoms with Crippen LogP contribution in [-0.2, 0) is 4.79 Å². The Bertz CT molecular complexity index is 546. The third-order valence-electron chi connectivity index (χ3n) is 5.49. The molecule has 1 saturated carbocycles. The summed E-state index contributed by atoms with van der Waals surface area (Å²) in [7, 11) is 1.68. The van der Waals surface area contributed by atoms with Gasteiger partial charge in [-0.2, -0.15) is 0 Å². The molecule has 24 heavy (non-hydrogen) atoms. The molecule has 1 saturated heterocycles. The molecule has 0 spiro atoms. The predicted molar refractivity (Wildman–Crippen MR) is 94.9 cm³/mol. The summed E-state index contributed by atoms with van der Waals surface area (Å²) in [6, 6.07) is 8.37. The van der Waals surface area contributed by atoms with E-state index < -0.39 is 5.54 Å². The van der Waals surface area contributed by atoms with Crippen molar-refractivity contribution in [2.45, 2.75) is 50.1 Å². The lowest BCUT2D eigenvalue weighted by molar-refractivity contribution is -0.126. The van der Waals surface area contributed by atoms with Gasteiger partial charge in [0.2, 0.25) is 5.91 Å². The number of ether oxygens (including phenoxy) is 1. The summed E-state index contributed by atoms with van der Waals surface area (Å²) in [4.78, 5) is 15.0. The minimum absolute atomic E-state index is 0.0118. The van der Waals surface area contributed by atoms with Crippen molar-refractivity contribution in [3.05, 3.63) is 29.8 Å². The van der Waals surface area contributed by atoms with Gasteiger partial charge in [0.1, 0.15) is 5.75 Å². The molecule has 1 unspecified atom stereocenters. The van der Waals surface area contributed by atoms with Gasteiger partial charge in [0.05, 0.1) is 18.7 Å². The number of hydrogen-bond acceptors (Lipinski definition) is 4. The van der Waals surface area contributed by atoms with Crippen LogP contribution in [0.25, 0.3) is 0 Å². The molecular formula is C19H29N3O2. The maximum atomic E-state index is 12.5. The van der Waals surface area contributed by atoms with E-state index in [4.69, 9.17) is 10.5 Å². The zero-order valence-corrected chi connectivity index (χ0v) is 14.6. The number of amides is 1. The first-order chi connectivity index (χ1) is 11.6. The molecule has 1 heterocycles. The largest absolute Gasteiger partial charge is 0.497 e. The number of rotatable bonds is 6. The van der Waals surface area contributed by atoms with Crippen molar-refractivity contribution in [3.63, 3.8) is 0 Å². The number of benzene rings is 1. The monoisotopic (exact) mass is 331 g/mol.